The van der Waals surface area contributed by atoms with Crippen molar-refractivity contribution in [3.63, 3.8) is 0 Å². The largest absolute Gasteiger partial charge is 0.747 e. The van der Waals surface area contributed by atoms with Crippen molar-refractivity contribution in [2.75, 3.05) is 26.4 Å². The van der Waals surface area contributed by atoms with E-state index in [1.165, 1.54) is 0 Å². The summed E-state index contributed by atoms with van der Waals surface area (Å²) >= 11 is 0. The normalized spacial score (nSPS) is 34.0. The minimum absolute atomic E-state index is 0.120. The Morgan fingerprint density at radius 3 is 2.32 bits per heavy atom. The molecule has 0 aromatic heterocycles. The first-order valence-electron chi connectivity index (χ1n) is 10.1. The quantitative estimate of drug-likeness (QED) is 0.720. The minimum atomic E-state index is -4.65. The van der Waals surface area contributed by atoms with Crippen molar-refractivity contribution >= 4 is 10.1 Å². The van der Waals surface area contributed by atoms with Crippen molar-refractivity contribution in [1.29, 1.82) is 0 Å². The molecule has 4 atom stereocenters. The summed E-state index contributed by atoms with van der Waals surface area (Å²) in [5.74, 6) is -0.757. The van der Waals surface area contributed by atoms with E-state index in [0.29, 0.717) is 26.2 Å². The summed E-state index contributed by atoms with van der Waals surface area (Å²) in [6.07, 6.45) is 8.74. The van der Waals surface area contributed by atoms with Gasteiger partial charge in [0.1, 0.15) is 10.1 Å². The lowest BCUT2D eigenvalue weighted by atomic mass is 9.66. The molecule has 4 unspecified atom stereocenters. The number of hydrogen-bond donors (Lipinski definition) is 0. The van der Waals surface area contributed by atoms with Crippen LogP contribution in [0.1, 0.15) is 37.2 Å². The Morgan fingerprint density at radius 2 is 1.71 bits per heavy atom. The van der Waals surface area contributed by atoms with Gasteiger partial charge in [-0.05, 0) is 31.2 Å². The highest BCUT2D eigenvalue weighted by Crippen LogP contribution is 2.52. The van der Waals surface area contributed by atoms with Gasteiger partial charge in [0, 0.05) is 31.0 Å². The second-order valence-electron chi connectivity index (χ2n) is 8.01. The van der Waals surface area contributed by atoms with E-state index in [2.05, 4.69) is 0 Å². The maximum Gasteiger partial charge on any atom is 0.105 e. The average Bonchev–Trinajstić information content (AvgIpc) is 2.74. The zero-order valence-corrected chi connectivity index (χ0v) is 16.8. The third kappa shape index (κ3) is 3.47. The molecule has 1 aromatic rings. The predicted octanol–water partition coefficient (Wildman–Crippen LogP) is 3.40. The zero-order chi connectivity index (χ0) is 19.6. The molecule has 0 saturated carbocycles. The van der Waals surface area contributed by atoms with E-state index in [1.54, 1.807) is 12.2 Å². The summed E-state index contributed by atoms with van der Waals surface area (Å²) in [4.78, 5) is 0. The van der Waals surface area contributed by atoms with Crippen LogP contribution in [-0.4, -0.2) is 44.1 Å². The van der Waals surface area contributed by atoms with Crippen LogP contribution < -0.4 is 0 Å². The molecule has 152 valence electrons. The van der Waals surface area contributed by atoms with E-state index in [-0.39, 0.29) is 11.8 Å². The molecule has 2 fully saturated rings. The highest BCUT2D eigenvalue weighted by atomic mass is 32.2. The summed E-state index contributed by atoms with van der Waals surface area (Å²) < 4.78 is 48.5. The van der Waals surface area contributed by atoms with Crippen LogP contribution in [0.15, 0.2) is 54.1 Å². The molecule has 4 rings (SSSR count). The van der Waals surface area contributed by atoms with Crippen molar-refractivity contribution in [2.24, 2.45) is 11.8 Å². The fraction of sp³-hybridized carbons (Fsp3) is 0.545. The van der Waals surface area contributed by atoms with Gasteiger partial charge in [0.25, 0.3) is 0 Å². The zero-order valence-electron chi connectivity index (χ0n) is 16.0. The number of allylic oxidation sites excluding steroid dienone is 2. The van der Waals surface area contributed by atoms with Gasteiger partial charge in [0.15, 0.2) is 0 Å². The first kappa shape index (κ1) is 19.8. The van der Waals surface area contributed by atoms with Gasteiger partial charge in [-0.2, -0.15) is 0 Å². The Bertz CT molecular complexity index is 833. The lowest BCUT2D eigenvalue weighted by Gasteiger charge is -2.50. The molecule has 0 N–H and O–H groups in total. The molecule has 2 heterocycles. The lowest BCUT2D eigenvalue weighted by molar-refractivity contribution is 0.0361. The number of rotatable bonds is 4. The molecule has 0 radical (unpaired) electrons. The van der Waals surface area contributed by atoms with Gasteiger partial charge < -0.3 is 14.0 Å². The Kier molecular flexibility index (Phi) is 5.74. The maximum absolute atomic E-state index is 12.9. The van der Waals surface area contributed by atoms with Gasteiger partial charge in [-0.15, -0.1) is 0 Å². The second-order valence-corrected chi connectivity index (χ2v) is 9.62. The van der Waals surface area contributed by atoms with Gasteiger partial charge in [-0.1, -0.05) is 54.1 Å². The van der Waals surface area contributed by atoms with Crippen LogP contribution in [0.5, 0.6) is 0 Å². The van der Waals surface area contributed by atoms with Crippen LogP contribution in [0.25, 0.3) is 0 Å². The van der Waals surface area contributed by atoms with E-state index in [0.717, 1.165) is 37.0 Å². The summed E-state index contributed by atoms with van der Waals surface area (Å²) in [7, 11) is -4.65. The van der Waals surface area contributed by atoms with Crippen molar-refractivity contribution in [3.05, 3.63) is 59.7 Å². The van der Waals surface area contributed by atoms with Gasteiger partial charge in [0.05, 0.1) is 18.0 Å². The molecular weight excluding hydrogens is 376 g/mol. The first-order chi connectivity index (χ1) is 13.5. The molecule has 28 heavy (non-hydrogen) atoms. The Balaban J connectivity index is 1.88. The van der Waals surface area contributed by atoms with Gasteiger partial charge >= 0.3 is 0 Å². The predicted molar refractivity (Wildman–Crippen MR) is 106 cm³/mol. The highest BCUT2D eigenvalue weighted by Gasteiger charge is 2.53. The topological polar surface area (TPSA) is 75.7 Å². The van der Waals surface area contributed by atoms with Crippen molar-refractivity contribution < 1.29 is 22.4 Å². The third-order valence-corrected chi connectivity index (χ3v) is 8.00. The Hall–Kier alpha value is -1.47. The molecule has 0 spiro atoms. The maximum atomic E-state index is 12.9. The Labute approximate surface area is 167 Å². The third-order valence-electron chi connectivity index (χ3n) is 6.43. The van der Waals surface area contributed by atoms with E-state index < -0.39 is 20.8 Å². The monoisotopic (exact) mass is 403 g/mol. The molecule has 1 aromatic carbocycles. The smallest absolute Gasteiger partial charge is 0.105 e. The molecule has 5 nitrogen and oxygen atoms in total. The minimum Gasteiger partial charge on any atom is -0.747 e. The fourth-order valence-corrected chi connectivity index (χ4v) is 6.54. The standard InChI is InChI=1S/C22H28O5S/c23-28(24,25)22(19-10-6-14-27-16-19)12-4-11-20(18-9-5-13-26-15-18)21(22)17-7-2-1-3-8-17/h1-4,7-8,11-12,18-19,21H,5-6,9-10,13-16H2,(H,23,24,25)/p-1. The number of benzene rings is 1. The van der Waals surface area contributed by atoms with Crippen LogP contribution >= 0.6 is 0 Å². The van der Waals surface area contributed by atoms with E-state index >= 15 is 0 Å². The second kappa shape index (κ2) is 8.11. The first-order valence-corrected chi connectivity index (χ1v) is 11.5. The van der Waals surface area contributed by atoms with Crippen LogP contribution in [0.3, 0.4) is 0 Å². The van der Waals surface area contributed by atoms with Crippen molar-refractivity contribution in [2.45, 2.75) is 36.3 Å². The van der Waals surface area contributed by atoms with Crippen LogP contribution in [0.4, 0.5) is 0 Å². The molecule has 0 amide bonds. The van der Waals surface area contributed by atoms with Crippen LogP contribution in [0, 0.1) is 11.8 Å². The molecule has 2 aliphatic heterocycles. The summed E-state index contributed by atoms with van der Waals surface area (Å²) in [6, 6.07) is 9.59. The number of ether oxygens (including phenoxy) is 2. The molecule has 3 aliphatic rings. The van der Waals surface area contributed by atoms with Crippen molar-refractivity contribution in [1.82, 2.24) is 0 Å². The Morgan fingerprint density at radius 1 is 1.00 bits per heavy atom. The fourth-order valence-electron chi connectivity index (χ4n) is 5.14. The summed E-state index contributed by atoms with van der Waals surface area (Å²) in [6.45, 7) is 2.21. The van der Waals surface area contributed by atoms with E-state index in [9.17, 15) is 13.0 Å². The van der Waals surface area contributed by atoms with E-state index in [4.69, 9.17) is 9.47 Å². The van der Waals surface area contributed by atoms with Gasteiger partial charge in [0.2, 0.25) is 0 Å². The van der Waals surface area contributed by atoms with E-state index in [1.807, 2.05) is 36.4 Å². The molecule has 1 aliphatic carbocycles. The molecular formula is C22H27O5S-. The molecule has 6 heteroatoms. The highest BCUT2D eigenvalue weighted by molar-refractivity contribution is 7.87. The summed E-state index contributed by atoms with van der Waals surface area (Å²) in [5.41, 5.74) is 1.87. The summed E-state index contributed by atoms with van der Waals surface area (Å²) in [5, 5.41) is 0. The number of hydrogen-bond acceptors (Lipinski definition) is 5. The average molecular weight is 404 g/mol. The van der Waals surface area contributed by atoms with Gasteiger partial charge in [-0.25, -0.2) is 8.42 Å². The SMILES string of the molecule is O=S(=O)([O-])C1(C2CCCOC2)C=CC=C(C2CCCOC2)C1c1ccccc1. The van der Waals surface area contributed by atoms with Gasteiger partial charge in [-0.3, -0.25) is 0 Å². The van der Waals surface area contributed by atoms with Crippen LogP contribution in [0.2, 0.25) is 0 Å². The molecule has 0 bridgehead atoms. The molecule has 2 saturated heterocycles. The van der Waals surface area contributed by atoms with Crippen LogP contribution in [-0.2, 0) is 19.6 Å². The lowest BCUT2D eigenvalue weighted by Crippen LogP contribution is -2.53. The van der Waals surface area contributed by atoms with Crippen molar-refractivity contribution in [3.8, 4) is 0 Å².